The Balaban J connectivity index is 2.61. The highest BCUT2D eigenvalue weighted by molar-refractivity contribution is 8.00. The van der Waals surface area contributed by atoms with Gasteiger partial charge in [0.05, 0.1) is 5.75 Å². The normalized spacial score (nSPS) is 11.3. The first-order valence-corrected chi connectivity index (χ1v) is 7.43. The van der Waals surface area contributed by atoms with Gasteiger partial charge in [-0.1, -0.05) is 0 Å². The van der Waals surface area contributed by atoms with Crippen molar-refractivity contribution < 1.29 is 18.3 Å². The molecule has 1 rings (SSSR count). The van der Waals surface area contributed by atoms with Crippen LogP contribution in [0.1, 0.15) is 10.5 Å². The van der Waals surface area contributed by atoms with Gasteiger partial charge in [0.25, 0.3) is 0 Å². The van der Waals surface area contributed by atoms with Crippen LogP contribution in [0.3, 0.4) is 0 Å². The highest BCUT2D eigenvalue weighted by Crippen LogP contribution is 2.18. The summed E-state index contributed by atoms with van der Waals surface area (Å²) in [5, 5.41) is 8.70. The number of carboxylic acids is 1. The molecular weight excluding hydrogens is 250 g/mol. The average Bonchev–Trinajstić information content (AvgIpc) is 2.16. The van der Waals surface area contributed by atoms with Crippen molar-refractivity contribution in [2.24, 2.45) is 0 Å². The highest BCUT2D eigenvalue weighted by Gasteiger charge is 2.06. The van der Waals surface area contributed by atoms with Crippen molar-refractivity contribution in [3.8, 4) is 0 Å². The van der Waals surface area contributed by atoms with Crippen molar-refractivity contribution in [1.82, 2.24) is 4.98 Å². The Morgan fingerprint density at radius 1 is 1.56 bits per heavy atom. The van der Waals surface area contributed by atoms with Crippen molar-refractivity contribution in [3.05, 3.63) is 24.0 Å². The van der Waals surface area contributed by atoms with Crippen molar-refractivity contribution in [2.75, 3.05) is 17.8 Å². The molecule has 1 aromatic rings. The predicted octanol–water partition coefficient (Wildman–Crippen LogP) is 0.917. The van der Waals surface area contributed by atoms with Gasteiger partial charge in [-0.2, -0.15) is 0 Å². The van der Waals surface area contributed by atoms with Gasteiger partial charge in [0.1, 0.15) is 15.5 Å². The zero-order chi connectivity index (χ0) is 12.2. The molecule has 0 fully saturated rings. The minimum absolute atomic E-state index is 0.0376. The summed E-state index contributed by atoms with van der Waals surface area (Å²) in [5.41, 5.74) is -0.0376. The number of aromatic nitrogens is 1. The molecule has 0 spiro atoms. The van der Waals surface area contributed by atoms with E-state index in [9.17, 15) is 13.2 Å². The molecule has 0 unspecified atom stereocenters. The predicted molar refractivity (Wildman–Crippen MR) is 61.6 cm³/mol. The molecule has 0 radical (unpaired) electrons. The van der Waals surface area contributed by atoms with Crippen LogP contribution in [0.2, 0.25) is 0 Å². The summed E-state index contributed by atoms with van der Waals surface area (Å²) in [6.45, 7) is 0. The van der Waals surface area contributed by atoms with E-state index in [0.717, 1.165) is 0 Å². The first-order valence-electron chi connectivity index (χ1n) is 4.38. The van der Waals surface area contributed by atoms with Gasteiger partial charge in [-0.25, -0.2) is 18.2 Å². The largest absolute Gasteiger partial charge is 0.477 e. The van der Waals surface area contributed by atoms with Gasteiger partial charge in [-0.05, 0) is 12.1 Å². The summed E-state index contributed by atoms with van der Waals surface area (Å²) < 4.78 is 21.8. The Bertz CT molecular complexity index is 484. The van der Waals surface area contributed by atoms with E-state index in [-0.39, 0.29) is 11.4 Å². The minimum Gasteiger partial charge on any atom is -0.477 e. The molecule has 0 atom stereocenters. The van der Waals surface area contributed by atoms with E-state index in [1.807, 2.05) is 0 Å². The Kier molecular flexibility index (Phi) is 4.31. The van der Waals surface area contributed by atoms with Crippen LogP contribution in [-0.4, -0.2) is 42.2 Å². The lowest BCUT2D eigenvalue weighted by Gasteiger charge is -2.01. The maximum absolute atomic E-state index is 10.9. The second-order valence-corrected chi connectivity index (χ2v) is 6.59. The molecule has 0 saturated carbocycles. The summed E-state index contributed by atoms with van der Waals surface area (Å²) in [4.78, 5) is 15.0. The maximum Gasteiger partial charge on any atom is 0.354 e. The van der Waals surface area contributed by atoms with Crippen LogP contribution in [0.5, 0.6) is 0 Å². The van der Waals surface area contributed by atoms with Gasteiger partial charge >= 0.3 is 5.97 Å². The third kappa shape index (κ3) is 4.63. The quantitative estimate of drug-likeness (QED) is 0.793. The number of rotatable bonds is 5. The van der Waals surface area contributed by atoms with E-state index >= 15 is 0 Å². The van der Waals surface area contributed by atoms with Gasteiger partial charge in [-0.15, -0.1) is 11.8 Å². The second kappa shape index (κ2) is 5.31. The molecule has 1 heterocycles. The fourth-order valence-electron chi connectivity index (χ4n) is 0.929. The molecule has 16 heavy (non-hydrogen) atoms. The van der Waals surface area contributed by atoms with E-state index in [1.165, 1.54) is 30.3 Å². The highest BCUT2D eigenvalue weighted by atomic mass is 32.2. The molecule has 1 N–H and O–H groups in total. The van der Waals surface area contributed by atoms with Crippen molar-refractivity contribution in [1.29, 1.82) is 0 Å². The standard InChI is InChI=1S/C9H11NO4S2/c1-16(13,14)5-4-15-7-2-3-10-8(6-7)9(11)12/h2-3,6H,4-5H2,1H3,(H,11,12). The lowest BCUT2D eigenvalue weighted by molar-refractivity contribution is 0.0690. The van der Waals surface area contributed by atoms with Crippen molar-refractivity contribution in [3.63, 3.8) is 0 Å². The van der Waals surface area contributed by atoms with Gasteiger partial charge in [0.15, 0.2) is 0 Å². The average molecular weight is 261 g/mol. The Hall–Kier alpha value is -1.08. The number of pyridine rings is 1. The number of hydrogen-bond donors (Lipinski definition) is 1. The maximum atomic E-state index is 10.9. The summed E-state index contributed by atoms with van der Waals surface area (Å²) in [6.07, 6.45) is 2.56. The Morgan fingerprint density at radius 3 is 2.81 bits per heavy atom. The molecule has 0 aliphatic carbocycles. The summed E-state index contributed by atoms with van der Waals surface area (Å²) in [5.74, 6) is -0.616. The van der Waals surface area contributed by atoms with Crippen molar-refractivity contribution in [2.45, 2.75) is 4.90 Å². The molecule has 0 bridgehead atoms. The van der Waals surface area contributed by atoms with E-state index in [4.69, 9.17) is 5.11 Å². The number of carbonyl (C=O) groups is 1. The minimum atomic E-state index is -2.97. The lowest BCUT2D eigenvalue weighted by atomic mass is 10.4. The second-order valence-electron chi connectivity index (χ2n) is 3.16. The monoisotopic (exact) mass is 261 g/mol. The number of hydrogen-bond acceptors (Lipinski definition) is 5. The van der Waals surface area contributed by atoms with Crippen molar-refractivity contribution >= 4 is 27.6 Å². The molecule has 7 heteroatoms. The van der Waals surface area contributed by atoms with Gasteiger partial charge < -0.3 is 5.11 Å². The molecule has 0 saturated heterocycles. The third-order valence-corrected chi connectivity index (χ3v) is 3.87. The first kappa shape index (κ1) is 13.0. The summed E-state index contributed by atoms with van der Waals surface area (Å²) in [6, 6.07) is 3.08. The lowest BCUT2D eigenvalue weighted by Crippen LogP contribution is -2.05. The topological polar surface area (TPSA) is 84.3 Å². The number of sulfone groups is 1. The van der Waals surface area contributed by atoms with Crippen LogP contribution in [0.15, 0.2) is 23.2 Å². The SMILES string of the molecule is CS(=O)(=O)CCSc1ccnc(C(=O)O)c1. The van der Waals surface area contributed by atoms with Gasteiger partial charge in [-0.3, -0.25) is 0 Å². The van der Waals surface area contributed by atoms with Crippen LogP contribution in [0.4, 0.5) is 0 Å². The van der Waals surface area contributed by atoms with Crippen LogP contribution in [-0.2, 0) is 9.84 Å². The Labute approximate surface area is 97.8 Å². The van der Waals surface area contributed by atoms with Crippen LogP contribution in [0, 0.1) is 0 Å². The van der Waals surface area contributed by atoms with Crippen LogP contribution >= 0.6 is 11.8 Å². The molecule has 1 aromatic heterocycles. The summed E-state index contributed by atoms with van der Waals surface area (Å²) >= 11 is 1.30. The van der Waals surface area contributed by atoms with Gasteiger partial charge in [0.2, 0.25) is 0 Å². The number of aromatic carboxylic acids is 1. The van der Waals surface area contributed by atoms with E-state index < -0.39 is 15.8 Å². The molecule has 0 aliphatic heterocycles. The van der Waals surface area contributed by atoms with E-state index in [0.29, 0.717) is 10.6 Å². The fraction of sp³-hybridized carbons (Fsp3) is 0.333. The number of nitrogens with zero attached hydrogens (tertiary/aromatic N) is 1. The zero-order valence-corrected chi connectivity index (χ0v) is 10.2. The first-order chi connectivity index (χ1) is 7.38. The fourth-order valence-corrected chi connectivity index (χ4v) is 3.06. The molecule has 0 aliphatic rings. The molecule has 0 aromatic carbocycles. The number of thioether (sulfide) groups is 1. The molecular formula is C9H11NO4S2. The van der Waals surface area contributed by atoms with E-state index in [2.05, 4.69) is 4.98 Å². The number of carboxylic acid groups (broad SMARTS) is 1. The molecule has 5 nitrogen and oxygen atoms in total. The van der Waals surface area contributed by atoms with Crippen LogP contribution in [0.25, 0.3) is 0 Å². The van der Waals surface area contributed by atoms with Crippen LogP contribution < -0.4 is 0 Å². The smallest absolute Gasteiger partial charge is 0.354 e. The molecule has 88 valence electrons. The molecule has 0 amide bonds. The Morgan fingerprint density at radius 2 is 2.25 bits per heavy atom. The van der Waals surface area contributed by atoms with E-state index in [1.54, 1.807) is 6.07 Å². The third-order valence-electron chi connectivity index (χ3n) is 1.67. The van der Waals surface area contributed by atoms with Gasteiger partial charge in [0, 0.05) is 23.1 Å². The summed E-state index contributed by atoms with van der Waals surface area (Å²) in [7, 11) is -2.97. The zero-order valence-electron chi connectivity index (χ0n) is 8.58.